The van der Waals surface area contributed by atoms with E-state index in [1.165, 1.54) is 36.5 Å². The van der Waals surface area contributed by atoms with E-state index in [-0.39, 0.29) is 10.6 Å². The van der Waals surface area contributed by atoms with E-state index in [0.717, 1.165) is 12.0 Å². The van der Waals surface area contributed by atoms with Crippen LogP contribution in [-0.4, -0.2) is 19.7 Å². The second-order valence-corrected chi connectivity index (χ2v) is 6.65. The molecule has 0 radical (unpaired) electrons. The maximum Gasteiger partial charge on any atom is 0.276 e. The number of phenolic OH excluding ortho intramolecular Hbond substituents is 1. The number of sulfonamides is 1. The van der Waals surface area contributed by atoms with Gasteiger partial charge in [-0.05, 0) is 42.3 Å². The lowest BCUT2D eigenvalue weighted by molar-refractivity contribution is 0.474. The van der Waals surface area contributed by atoms with Gasteiger partial charge in [0.15, 0.2) is 0 Å². The predicted molar refractivity (Wildman–Crippen MR) is 86.9 cm³/mol. The van der Waals surface area contributed by atoms with Crippen molar-refractivity contribution < 1.29 is 13.5 Å². The number of nitrogens with zero attached hydrogens (tertiary/aromatic N) is 1. The molecule has 0 amide bonds. The number of halogens is 1. The lowest BCUT2D eigenvalue weighted by Crippen LogP contribution is -2.18. The van der Waals surface area contributed by atoms with Gasteiger partial charge >= 0.3 is 0 Å². The molecule has 0 bridgehead atoms. The largest absolute Gasteiger partial charge is 0.507 e. The van der Waals surface area contributed by atoms with Crippen LogP contribution >= 0.6 is 11.6 Å². The first-order valence-corrected chi connectivity index (χ1v) is 8.41. The fourth-order valence-corrected chi connectivity index (χ4v) is 2.72. The van der Waals surface area contributed by atoms with Gasteiger partial charge in [0.25, 0.3) is 10.0 Å². The van der Waals surface area contributed by atoms with Gasteiger partial charge in [0, 0.05) is 10.6 Å². The minimum atomic E-state index is -3.74. The van der Waals surface area contributed by atoms with E-state index in [0.29, 0.717) is 10.6 Å². The average Bonchev–Trinajstić information content (AvgIpc) is 2.50. The smallest absolute Gasteiger partial charge is 0.276 e. The highest BCUT2D eigenvalue weighted by Crippen LogP contribution is 2.19. The summed E-state index contributed by atoms with van der Waals surface area (Å²) in [5, 5.41) is 13.7. The zero-order valence-corrected chi connectivity index (χ0v) is 13.4. The van der Waals surface area contributed by atoms with Crippen molar-refractivity contribution in [2.75, 3.05) is 0 Å². The van der Waals surface area contributed by atoms with Crippen molar-refractivity contribution in [1.82, 2.24) is 4.83 Å². The van der Waals surface area contributed by atoms with Gasteiger partial charge in [-0.2, -0.15) is 13.5 Å². The highest BCUT2D eigenvalue weighted by Gasteiger charge is 2.12. The lowest BCUT2D eigenvalue weighted by Gasteiger charge is -2.04. The van der Waals surface area contributed by atoms with Crippen LogP contribution in [0.3, 0.4) is 0 Å². The van der Waals surface area contributed by atoms with E-state index in [2.05, 4.69) is 9.93 Å². The number of benzene rings is 2. The number of hydrogen-bond acceptors (Lipinski definition) is 4. The Bertz CT molecular complexity index is 787. The molecule has 0 aliphatic heterocycles. The molecule has 2 N–H and O–H groups in total. The number of rotatable bonds is 5. The van der Waals surface area contributed by atoms with E-state index in [1.54, 1.807) is 12.1 Å². The molecule has 2 aromatic carbocycles. The molecule has 0 atom stereocenters. The molecular weight excluding hydrogens is 324 g/mol. The number of nitrogens with one attached hydrogen (secondary N) is 1. The molecule has 0 spiro atoms. The summed E-state index contributed by atoms with van der Waals surface area (Å²) in [7, 11) is -3.74. The Morgan fingerprint density at radius 2 is 1.91 bits per heavy atom. The van der Waals surface area contributed by atoms with Crippen LogP contribution in [0.1, 0.15) is 18.1 Å². The van der Waals surface area contributed by atoms with Crippen LogP contribution < -0.4 is 4.83 Å². The van der Waals surface area contributed by atoms with Crippen LogP contribution in [0.25, 0.3) is 0 Å². The Labute approximate surface area is 134 Å². The molecule has 0 unspecified atom stereocenters. The zero-order chi connectivity index (χ0) is 16.2. The Kier molecular flexibility index (Phi) is 5.05. The first kappa shape index (κ1) is 16.3. The maximum atomic E-state index is 12.1. The molecule has 0 aromatic heterocycles. The van der Waals surface area contributed by atoms with Crippen molar-refractivity contribution in [2.24, 2.45) is 5.10 Å². The van der Waals surface area contributed by atoms with E-state index >= 15 is 0 Å². The Balaban J connectivity index is 2.14. The van der Waals surface area contributed by atoms with Gasteiger partial charge in [-0.1, -0.05) is 30.7 Å². The molecule has 0 aliphatic rings. The van der Waals surface area contributed by atoms with Crippen molar-refractivity contribution in [3.05, 3.63) is 58.6 Å². The van der Waals surface area contributed by atoms with Crippen molar-refractivity contribution in [1.29, 1.82) is 0 Å². The monoisotopic (exact) mass is 338 g/mol. The topological polar surface area (TPSA) is 78.8 Å². The van der Waals surface area contributed by atoms with Gasteiger partial charge in [0.2, 0.25) is 0 Å². The SMILES string of the molecule is CCc1ccc(S(=O)(=O)N/N=C/c2cc(Cl)ccc2O)cc1. The second kappa shape index (κ2) is 6.81. The number of hydrazone groups is 1. The average molecular weight is 339 g/mol. The highest BCUT2D eigenvalue weighted by atomic mass is 35.5. The summed E-state index contributed by atoms with van der Waals surface area (Å²) in [5.41, 5.74) is 1.36. The molecule has 0 fully saturated rings. The summed E-state index contributed by atoms with van der Waals surface area (Å²) in [6, 6.07) is 10.9. The third-order valence-electron chi connectivity index (χ3n) is 3.01. The molecule has 0 heterocycles. The highest BCUT2D eigenvalue weighted by molar-refractivity contribution is 7.89. The van der Waals surface area contributed by atoms with Crippen molar-refractivity contribution in [3.63, 3.8) is 0 Å². The summed E-state index contributed by atoms with van der Waals surface area (Å²) in [6.45, 7) is 1.99. The van der Waals surface area contributed by atoms with Gasteiger partial charge in [0.1, 0.15) is 5.75 Å². The molecule has 0 saturated heterocycles. The van der Waals surface area contributed by atoms with Gasteiger partial charge in [0.05, 0.1) is 11.1 Å². The van der Waals surface area contributed by atoms with Gasteiger partial charge in [-0.3, -0.25) is 0 Å². The molecule has 5 nitrogen and oxygen atoms in total. The summed E-state index contributed by atoms with van der Waals surface area (Å²) in [6.07, 6.45) is 2.03. The van der Waals surface area contributed by atoms with Gasteiger partial charge in [-0.15, -0.1) is 0 Å². The first-order valence-electron chi connectivity index (χ1n) is 6.54. The maximum absolute atomic E-state index is 12.1. The molecular formula is C15H15ClN2O3S. The molecule has 0 aliphatic carbocycles. The normalized spacial score (nSPS) is 11.7. The summed E-state index contributed by atoms with van der Waals surface area (Å²) in [4.78, 5) is 2.22. The number of aromatic hydroxyl groups is 1. The van der Waals surface area contributed by atoms with Gasteiger partial charge < -0.3 is 5.11 Å². The third-order valence-corrected chi connectivity index (χ3v) is 4.48. The summed E-state index contributed by atoms with van der Waals surface area (Å²) in [5.74, 6) is -0.0420. The zero-order valence-electron chi connectivity index (χ0n) is 11.8. The van der Waals surface area contributed by atoms with Crippen LogP contribution in [0.15, 0.2) is 52.5 Å². The third kappa shape index (κ3) is 3.99. The quantitative estimate of drug-likeness (QED) is 0.650. The van der Waals surface area contributed by atoms with E-state index in [1.807, 2.05) is 6.92 Å². The number of phenols is 1. The lowest BCUT2D eigenvalue weighted by atomic mass is 10.2. The Morgan fingerprint density at radius 3 is 2.55 bits per heavy atom. The standard InChI is InChI=1S/C15H15ClN2O3S/c1-2-11-3-6-14(7-4-11)22(20,21)18-17-10-12-9-13(16)5-8-15(12)19/h3-10,18-19H,2H2,1H3/b17-10+. The summed E-state index contributed by atoms with van der Waals surface area (Å²) < 4.78 is 24.1. The second-order valence-electron chi connectivity index (χ2n) is 4.55. The fourth-order valence-electron chi connectivity index (χ4n) is 1.75. The van der Waals surface area contributed by atoms with Crippen LogP contribution in [0, 0.1) is 0 Å². The molecule has 7 heteroatoms. The van der Waals surface area contributed by atoms with Crippen LogP contribution in [0.5, 0.6) is 5.75 Å². The molecule has 2 rings (SSSR count). The Morgan fingerprint density at radius 1 is 1.23 bits per heavy atom. The van der Waals surface area contributed by atoms with Crippen LogP contribution in [0.4, 0.5) is 0 Å². The minimum absolute atomic E-state index is 0.0420. The van der Waals surface area contributed by atoms with Crippen LogP contribution in [0.2, 0.25) is 5.02 Å². The van der Waals surface area contributed by atoms with E-state index in [9.17, 15) is 13.5 Å². The van der Waals surface area contributed by atoms with E-state index < -0.39 is 10.0 Å². The first-order chi connectivity index (χ1) is 10.4. The fraction of sp³-hybridized carbons (Fsp3) is 0.133. The minimum Gasteiger partial charge on any atom is -0.507 e. The number of aryl methyl sites for hydroxylation is 1. The molecule has 22 heavy (non-hydrogen) atoms. The van der Waals surface area contributed by atoms with Crippen LogP contribution in [-0.2, 0) is 16.4 Å². The van der Waals surface area contributed by atoms with Crippen molar-refractivity contribution >= 4 is 27.8 Å². The van der Waals surface area contributed by atoms with E-state index in [4.69, 9.17) is 11.6 Å². The Hall–Kier alpha value is -2.05. The molecule has 116 valence electrons. The van der Waals surface area contributed by atoms with Crippen molar-refractivity contribution in [3.8, 4) is 5.75 Å². The van der Waals surface area contributed by atoms with Gasteiger partial charge in [-0.25, -0.2) is 4.83 Å². The predicted octanol–water partition coefficient (Wildman–Crippen LogP) is 2.92. The number of hydrogen-bond donors (Lipinski definition) is 2. The molecule has 0 saturated carbocycles. The van der Waals surface area contributed by atoms with Crippen molar-refractivity contribution in [2.45, 2.75) is 18.2 Å². The molecule has 2 aromatic rings. The summed E-state index contributed by atoms with van der Waals surface area (Å²) >= 11 is 5.80.